The first-order valence-electron chi connectivity index (χ1n) is 13.5. The third kappa shape index (κ3) is 3.78. The predicted molar refractivity (Wildman–Crippen MR) is 159 cm³/mol. The van der Waals surface area contributed by atoms with E-state index in [1.807, 2.05) is 12.2 Å². The van der Waals surface area contributed by atoms with E-state index in [1.165, 1.54) is 11.1 Å². The van der Waals surface area contributed by atoms with Crippen LogP contribution in [0.5, 0.6) is 0 Å². The van der Waals surface area contributed by atoms with E-state index in [2.05, 4.69) is 89.0 Å². The van der Waals surface area contributed by atoms with Crippen molar-refractivity contribution in [3.8, 4) is 0 Å². The van der Waals surface area contributed by atoms with E-state index >= 15 is 0 Å². The number of furan rings is 1. The highest BCUT2D eigenvalue weighted by molar-refractivity contribution is 6.20. The molecule has 0 radical (unpaired) electrons. The van der Waals surface area contributed by atoms with Crippen molar-refractivity contribution >= 4 is 33.5 Å². The Hall–Kier alpha value is -4.05. The number of pyridine rings is 1. The molecule has 0 saturated carbocycles. The summed E-state index contributed by atoms with van der Waals surface area (Å²) in [5.41, 5.74) is 9.52. The van der Waals surface area contributed by atoms with Crippen molar-refractivity contribution in [2.24, 2.45) is 15.9 Å². The first-order chi connectivity index (χ1) is 18.4. The van der Waals surface area contributed by atoms with Gasteiger partial charge < -0.3 is 4.42 Å². The molecule has 2 aliphatic rings. The van der Waals surface area contributed by atoms with Crippen molar-refractivity contribution in [3.63, 3.8) is 0 Å². The summed E-state index contributed by atoms with van der Waals surface area (Å²) in [6, 6.07) is 17.0. The van der Waals surface area contributed by atoms with Crippen molar-refractivity contribution in [2.75, 3.05) is 0 Å². The van der Waals surface area contributed by atoms with Crippen LogP contribution in [0.2, 0.25) is 0 Å². The molecule has 3 unspecified atom stereocenters. The predicted octanol–water partition coefficient (Wildman–Crippen LogP) is 8.32. The van der Waals surface area contributed by atoms with Gasteiger partial charge in [0, 0.05) is 39.4 Å². The van der Waals surface area contributed by atoms with Gasteiger partial charge in [0.2, 0.25) is 5.71 Å². The molecule has 4 aromatic rings. The smallest absolute Gasteiger partial charge is 0.227 e. The number of fused-ring (bicyclic) bond motifs is 8. The molecule has 0 saturated heterocycles. The van der Waals surface area contributed by atoms with Crippen molar-refractivity contribution in [3.05, 3.63) is 114 Å². The summed E-state index contributed by atoms with van der Waals surface area (Å²) in [6.45, 7) is 19.2. The number of aromatic nitrogens is 1. The third-order valence-electron chi connectivity index (χ3n) is 8.35. The zero-order chi connectivity index (χ0) is 26.6. The maximum absolute atomic E-state index is 6.53. The van der Waals surface area contributed by atoms with Gasteiger partial charge in [0.1, 0.15) is 5.58 Å². The molecule has 2 aromatic carbocycles. The molecule has 0 spiro atoms. The fraction of sp³-hybridized carbons (Fsp3) is 0.265. The van der Waals surface area contributed by atoms with Crippen LogP contribution in [0.25, 0.3) is 22.1 Å². The summed E-state index contributed by atoms with van der Waals surface area (Å²) >= 11 is 0. The standard InChI is InChI=1S/C34H33N3O/c1-7-28-24-12-10-9-11-23(24)25-15-13-22-14-16-26-27-17-18-30(20(5)19(3)4)37-34(27)38-33(26)31(22)29(8-2)35-21(6)32(25)36-28/h7-12,14,16-20,25,32H,1-2,6,13,15H2,3-5H3/b35-29-. The Morgan fingerprint density at radius 3 is 2.47 bits per heavy atom. The van der Waals surface area contributed by atoms with Gasteiger partial charge in [0.15, 0.2) is 0 Å². The minimum absolute atomic E-state index is 0.157. The molecule has 0 fully saturated rings. The number of nitrogens with zero attached hydrogens (tertiary/aromatic N) is 3. The molecule has 4 heterocycles. The summed E-state index contributed by atoms with van der Waals surface area (Å²) in [4.78, 5) is 15.1. The number of benzene rings is 2. The summed E-state index contributed by atoms with van der Waals surface area (Å²) in [7, 11) is 0. The maximum atomic E-state index is 6.53. The SMILES string of the molecule is C=CC1=NC2C(=C)/N=C(/C=C)c3c(ccc4c3oc3nc(C(C)C(C)C)ccc34)CCC2c2ccccc21. The zero-order valence-corrected chi connectivity index (χ0v) is 22.4. The summed E-state index contributed by atoms with van der Waals surface area (Å²) in [5.74, 6) is 1.02. The molecule has 2 aromatic heterocycles. The fourth-order valence-corrected chi connectivity index (χ4v) is 5.91. The van der Waals surface area contributed by atoms with Gasteiger partial charge in [-0.2, -0.15) is 0 Å². The van der Waals surface area contributed by atoms with Crippen LogP contribution in [0, 0.1) is 5.92 Å². The molecule has 0 amide bonds. The molecule has 4 nitrogen and oxygen atoms in total. The van der Waals surface area contributed by atoms with Crippen LogP contribution in [-0.2, 0) is 6.42 Å². The normalized spacial score (nSPS) is 21.3. The third-order valence-corrected chi connectivity index (χ3v) is 8.35. The quantitative estimate of drug-likeness (QED) is 0.283. The lowest BCUT2D eigenvalue weighted by molar-refractivity contribution is 0.521. The van der Waals surface area contributed by atoms with Crippen molar-refractivity contribution in [1.29, 1.82) is 0 Å². The number of aliphatic imine (C=N–C) groups is 2. The average Bonchev–Trinajstić information content (AvgIpc) is 3.32. The van der Waals surface area contributed by atoms with E-state index in [0.29, 0.717) is 17.5 Å². The van der Waals surface area contributed by atoms with Crippen molar-refractivity contribution in [2.45, 2.75) is 51.5 Å². The van der Waals surface area contributed by atoms with E-state index < -0.39 is 0 Å². The van der Waals surface area contributed by atoms with Crippen LogP contribution in [-0.4, -0.2) is 22.4 Å². The van der Waals surface area contributed by atoms with Crippen LogP contribution in [0.3, 0.4) is 0 Å². The summed E-state index contributed by atoms with van der Waals surface area (Å²) in [5, 5.41) is 2.07. The topological polar surface area (TPSA) is 50.8 Å². The molecule has 3 atom stereocenters. The van der Waals surface area contributed by atoms with E-state index in [-0.39, 0.29) is 12.0 Å². The van der Waals surface area contributed by atoms with Gasteiger partial charge in [-0.25, -0.2) is 4.98 Å². The molecule has 38 heavy (non-hydrogen) atoms. The first kappa shape index (κ1) is 24.3. The van der Waals surface area contributed by atoms with Crippen LogP contribution in [0.15, 0.2) is 101 Å². The van der Waals surface area contributed by atoms with Gasteiger partial charge in [-0.3, -0.25) is 9.98 Å². The molecule has 6 rings (SSSR count). The van der Waals surface area contributed by atoms with E-state index in [9.17, 15) is 0 Å². The van der Waals surface area contributed by atoms with Crippen LogP contribution in [0.1, 0.15) is 67.0 Å². The van der Waals surface area contributed by atoms with E-state index in [0.717, 1.165) is 63.1 Å². The minimum Gasteiger partial charge on any atom is -0.437 e. The Balaban J connectivity index is 1.54. The Morgan fingerprint density at radius 1 is 0.947 bits per heavy atom. The molecule has 190 valence electrons. The number of hydrogen-bond acceptors (Lipinski definition) is 4. The lowest BCUT2D eigenvalue weighted by Gasteiger charge is -2.31. The number of allylic oxidation sites excluding steroid dienone is 2. The molecule has 0 bridgehead atoms. The Morgan fingerprint density at radius 2 is 1.71 bits per heavy atom. The maximum Gasteiger partial charge on any atom is 0.227 e. The Kier molecular flexibility index (Phi) is 5.98. The monoisotopic (exact) mass is 499 g/mol. The molecule has 0 N–H and O–H groups in total. The molecule has 2 aliphatic heterocycles. The second kappa shape index (κ2) is 9.36. The van der Waals surface area contributed by atoms with Crippen LogP contribution >= 0.6 is 0 Å². The highest BCUT2D eigenvalue weighted by Crippen LogP contribution is 2.41. The average molecular weight is 500 g/mol. The molecule has 4 heteroatoms. The van der Waals surface area contributed by atoms with Crippen molar-refractivity contribution in [1.82, 2.24) is 4.98 Å². The highest BCUT2D eigenvalue weighted by atomic mass is 16.3. The molecular weight excluding hydrogens is 466 g/mol. The largest absolute Gasteiger partial charge is 0.437 e. The number of rotatable bonds is 4. The Bertz CT molecular complexity index is 1680. The summed E-state index contributed by atoms with van der Waals surface area (Å²) in [6.07, 6.45) is 5.42. The number of aryl methyl sites for hydroxylation is 1. The molecule has 0 aliphatic carbocycles. The Labute approximate surface area is 224 Å². The van der Waals surface area contributed by atoms with E-state index in [1.54, 1.807) is 0 Å². The van der Waals surface area contributed by atoms with Gasteiger partial charge in [0.05, 0.1) is 23.2 Å². The highest BCUT2D eigenvalue weighted by Gasteiger charge is 2.33. The van der Waals surface area contributed by atoms with Gasteiger partial charge >= 0.3 is 0 Å². The zero-order valence-electron chi connectivity index (χ0n) is 22.4. The lowest BCUT2D eigenvalue weighted by atomic mass is 9.79. The van der Waals surface area contributed by atoms with Gasteiger partial charge in [-0.1, -0.05) is 76.9 Å². The van der Waals surface area contributed by atoms with Crippen LogP contribution in [0.4, 0.5) is 0 Å². The second-order valence-electron chi connectivity index (χ2n) is 10.8. The fourth-order valence-electron chi connectivity index (χ4n) is 5.91. The van der Waals surface area contributed by atoms with Gasteiger partial charge in [0.25, 0.3) is 0 Å². The lowest BCUT2D eigenvalue weighted by Crippen LogP contribution is -2.27. The van der Waals surface area contributed by atoms with Crippen molar-refractivity contribution < 1.29 is 4.42 Å². The van der Waals surface area contributed by atoms with E-state index in [4.69, 9.17) is 19.4 Å². The summed E-state index contributed by atoms with van der Waals surface area (Å²) < 4.78 is 6.53. The van der Waals surface area contributed by atoms with Gasteiger partial charge in [-0.05, 0) is 54.2 Å². The number of hydrogen-bond donors (Lipinski definition) is 0. The first-order valence-corrected chi connectivity index (χ1v) is 13.5. The second-order valence-corrected chi connectivity index (χ2v) is 10.8. The van der Waals surface area contributed by atoms with Gasteiger partial charge in [-0.15, -0.1) is 0 Å². The molecular formula is C34H33N3O. The van der Waals surface area contributed by atoms with Crippen LogP contribution < -0.4 is 0 Å². The minimum atomic E-state index is -0.157.